The van der Waals surface area contributed by atoms with Crippen molar-refractivity contribution in [3.05, 3.63) is 54.5 Å². The molecule has 4 aromatic rings. The Labute approximate surface area is 197 Å². The first-order valence-corrected chi connectivity index (χ1v) is 12.7. The Morgan fingerprint density at radius 1 is 1.09 bits per heavy atom. The first-order chi connectivity index (χ1) is 16.1. The summed E-state index contributed by atoms with van der Waals surface area (Å²) in [6, 6.07) is 3.88. The molecular weight excluding hydrogens is 456 g/mol. The van der Waals surface area contributed by atoms with E-state index < -0.39 is 15.3 Å². The van der Waals surface area contributed by atoms with Crippen molar-refractivity contribution in [1.29, 1.82) is 0 Å². The lowest BCUT2D eigenvalue weighted by Gasteiger charge is -2.30. The van der Waals surface area contributed by atoms with Crippen LogP contribution < -0.4 is 5.73 Å². The van der Waals surface area contributed by atoms with Crippen molar-refractivity contribution >= 4 is 15.8 Å². The van der Waals surface area contributed by atoms with Crippen molar-refractivity contribution in [3.63, 3.8) is 0 Å². The fourth-order valence-electron chi connectivity index (χ4n) is 3.47. The molecule has 4 rings (SSSR count). The van der Waals surface area contributed by atoms with E-state index in [4.69, 9.17) is 10.3 Å². The zero-order chi connectivity index (χ0) is 24.5. The maximum absolute atomic E-state index is 11.4. The van der Waals surface area contributed by atoms with Gasteiger partial charge in [-0.05, 0) is 24.5 Å². The molecule has 0 saturated heterocycles. The normalized spacial score (nSPS) is 13.8. The zero-order valence-corrected chi connectivity index (χ0v) is 20.2. The van der Waals surface area contributed by atoms with Gasteiger partial charge >= 0.3 is 0 Å². The molecule has 11 nitrogen and oxygen atoms in total. The van der Waals surface area contributed by atoms with E-state index >= 15 is 0 Å². The van der Waals surface area contributed by atoms with E-state index in [0.717, 1.165) is 16.8 Å². The summed E-state index contributed by atoms with van der Waals surface area (Å²) in [5, 5.41) is 8.47. The Hall–Kier alpha value is -3.67. The van der Waals surface area contributed by atoms with E-state index in [9.17, 15) is 8.42 Å². The van der Waals surface area contributed by atoms with Crippen LogP contribution in [0, 0.1) is 5.92 Å². The molecule has 0 fully saturated rings. The van der Waals surface area contributed by atoms with Gasteiger partial charge in [0.05, 0.1) is 35.2 Å². The number of nitrogen functional groups attached to an aromatic ring is 1. The fraction of sp³-hybridized carbons (Fsp3) is 0.364. The van der Waals surface area contributed by atoms with Crippen LogP contribution in [0.2, 0.25) is 0 Å². The molecule has 0 amide bonds. The molecule has 0 aliphatic heterocycles. The predicted octanol–water partition coefficient (Wildman–Crippen LogP) is 2.37. The first-order valence-electron chi connectivity index (χ1n) is 10.7. The van der Waals surface area contributed by atoms with E-state index in [0.29, 0.717) is 17.3 Å². The third-order valence-corrected chi connectivity index (χ3v) is 6.87. The minimum atomic E-state index is -3.09. The van der Waals surface area contributed by atoms with Gasteiger partial charge in [0.2, 0.25) is 5.95 Å². The number of rotatable bonds is 8. The van der Waals surface area contributed by atoms with Crippen molar-refractivity contribution < 1.29 is 12.9 Å². The summed E-state index contributed by atoms with van der Waals surface area (Å²) in [5.74, 6) is 1.17. The van der Waals surface area contributed by atoms with Gasteiger partial charge in [0.15, 0.2) is 5.82 Å². The van der Waals surface area contributed by atoms with Crippen LogP contribution in [-0.4, -0.2) is 55.3 Å². The standard InChI is InChI=1S/C22H26N8O3S/c1-14(2)22(3,17-5-6-18(24-12-17)15-9-25-21(23)26-10-15)20-28-19(33-29-20)16-11-27-30(13-16)7-8-34(4,31)32/h5-6,9-14H,7-8H2,1-4H3,(H2,23,25,26)/t22-/m0/s1. The number of nitrogens with zero attached hydrogens (tertiary/aromatic N) is 7. The van der Waals surface area contributed by atoms with E-state index in [2.05, 4.69) is 44.0 Å². The van der Waals surface area contributed by atoms with Crippen molar-refractivity contribution in [1.82, 2.24) is 34.9 Å². The molecule has 1 atom stereocenters. The molecule has 2 N–H and O–H groups in total. The predicted molar refractivity (Wildman–Crippen MR) is 126 cm³/mol. The highest BCUT2D eigenvalue weighted by molar-refractivity contribution is 7.90. The molecule has 0 spiro atoms. The second-order valence-corrected chi connectivity index (χ2v) is 10.9. The van der Waals surface area contributed by atoms with Crippen molar-refractivity contribution in [2.24, 2.45) is 5.92 Å². The lowest BCUT2D eigenvalue weighted by molar-refractivity contribution is 0.350. The summed E-state index contributed by atoms with van der Waals surface area (Å²) in [6.07, 6.45) is 9.53. The van der Waals surface area contributed by atoms with Crippen LogP contribution in [0.4, 0.5) is 5.95 Å². The quantitative estimate of drug-likeness (QED) is 0.395. The molecular formula is C22H26N8O3S. The summed E-state index contributed by atoms with van der Waals surface area (Å²) in [6.45, 7) is 6.47. The summed E-state index contributed by atoms with van der Waals surface area (Å²) in [4.78, 5) is 17.3. The largest absolute Gasteiger partial charge is 0.368 e. The molecule has 178 valence electrons. The Balaban J connectivity index is 1.60. The van der Waals surface area contributed by atoms with E-state index in [1.54, 1.807) is 35.7 Å². The smallest absolute Gasteiger partial charge is 0.261 e. The maximum atomic E-state index is 11.4. The van der Waals surface area contributed by atoms with Crippen molar-refractivity contribution in [3.8, 4) is 22.7 Å². The van der Waals surface area contributed by atoms with Crippen LogP contribution in [0.5, 0.6) is 0 Å². The minimum absolute atomic E-state index is 0.000110. The highest BCUT2D eigenvalue weighted by atomic mass is 32.2. The molecule has 12 heteroatoms. The molecule has 0 bridgehead atoms. The van der Waals surface area contributed by atoms with Crippen molar-refractivity contribution in [2.45, 2.75) is 32.7 Å². The molecule has 4 aromatic heterocycles. The Kier molecular flexibility index (Phi) is 6.17. The molecule has 0 radical (unpaired) electrons. The van der Waals surface area contributed by atoms with Gasteiger partial charge in [0.25, 0.3) is 5.89 Å². The Morgan fingerprint density at radius 3 is 2.44 bits per heavy atom. The summed E-state index contributed by atoms with van der Waals surface area (Å²) < 4.78 is 29.9. The van der Waals surface area contributed by atoms with Gasteiger partial charge in [-0.1, -0.05) is 25.1 Å². The number of sulfone groups is 1. The second kappa shape index (κ2) is 8.93. The van der Waals surface area contributed by atoms with Gasteiger partial charge in [0, 0.05) is 36.6 Å². The molecule has 4 heterocycles. The van der Waals surface area contributed by atoms with Crippen molar-refractivity contribution in [2.75, 3.05) is 17.7 Å². The fourth-order valence-corrected chi connectivity index (χ4v) is 3.99. The minimum Gasteiger partial charge on any atom is -0.368 e. The molecule has 0 aliphatic carbocycles. The molecule has 0 aromatic carbocycles. The van der Waals surface area contributed by atoms with Gasteiger partial charge < -0.3 is 10.3 Å². The third kappa shape index (κ3) is 4.81. The average Bonchev–Trinajstić information content (AvgIpc) is 3.47. The van der Waals surface area contributed by atoms with E-state index in [1.165, 1.54) is 6.26 Å². The highest BCUT2D eigenvalue weighted by Crippen LogP contribution is 2.38. The van der Waals surface area contributed by atoms with E-state index in [1.807, 2.05) is 19.1 Å². The number of hydrogen-bond acceptors (Lipinski definition) is 10. The number of pyridine rings is 1. The highest BCUT2D eigenvalue weighted by Gasteiger charge is 2.38. The van der Waals surface area contributed by atoms with Gasteiger partial charge in [-0.3, -0.25) is 9.67 Å². The molecule has 0 unspecified atom stereocenters. The number of hydrogen-bond donors (Lipinski definition) is 1. The van der Waals surface area contributed by atoms with Gasteiger partial charge in [-0.2, -0.15) is 10.1 Å². The summed E-state index contributed by atoms with van der Waals surface area (Å²) in [5.41, 5.74) is 8.04. The van der Waals surface area contributed by atoms with Gasteiger partial charge in [-0.25, -0.2) is 18.4 Å². The van der Waals surface area contributed by atoms with Crippen LogP contribution in [0.3, 0.4) is 0 Å². The lowest BCUT2D eigenvalue weighted by Crippen LogP contribution is -2.31. The van der Waals surface area contributed by atoms with Crippen LogP contribution in [0.25, 0.3) is 22.7 Å². The number of anilines is 1. The summed E-state index contributed by atoms with van der Waals surface area (Å²) >= 11 is 0. The topological polar surface area (TPSA) is 156 Å². The lowest BCUT2D eigenvalue weighted by atomic mass is 9.73. The monoisotopic (exact) mass is 482 g/mol. The Bertz CT molecular complexity index is 1380. The Morgan fingerprint density at radius 2 is 1.82 bits per heavy atom. The number of aryl methyl sites for hydroxylation is 1. The average molecular weight is 483 g/mol. The number of aromatic nitrogens is 7. The van der Waals surface area contributed by atoms with Gasteiger partial charge in [-0.15, -0.1) is 0 Å². The van der Waals surface area contributed by atoms with E-state index in [-0.39, 0.29) is 24.2 Å². The van der Waals surface area contributed by atoms with Crippen LogP contribution in [0.15, 0.2) is 47.6 Å². The third-order valence-electron chi connectivity index (χ3n) is 5.95. The van der Waals surface area contributed by atoms with Crippen LogP contribution >= 0.6 is 0 Å². The van der Waals surface area contributed by atoms with Crippen LogP contribution in [-0.2, 0) is 21.8 Å². The van der Waals surface area contributed by atoms with Gasteiger partial charge in [0.1, 0.15) is 9.84 Å². The molecule has 0 saturated carbocycles. The zero-order valence-electron chi connectivity index (χ0n) is 19.4. The van der Waals surface area contributed by atoms with Crippen LogP contribution in [0.1, 0.15) is 32.2 Å². The number of nitrogens with two attached hydrogens (primary N) is 1. The maximum Gasteiger partial charge on any atom is 0.261 e. The SMILES string of the molecule is CC(C)[C@@](C)(c1ccc(-c2cnc(N)nc2)nc1)c1noc(-c2cnn(CCS(C)(=O)=O)c2)n1. The first kappa shape index (κ1) is 23.5. The summed E-state index contributed by atoms with van der Waals surface area (Å²) in [7, 11) is -3.09. The second-order valence-electron chi connectivity index (χ2n) is 8.66. The molecule has 34 heavy (non-hydrogen) atoms. The molecule has 0 aliphatic rings.